The molecule has 2 N–H and O–H groups in total. The van der Waals surface area contributed by atoms with Gasteiger partial charge in [-0.3, -0.25) is 9.11 Å². The van der Waals surface area contributed by atoms with Crippen LogP contribution in [0, 0.1) is 0 Å². The van der Waals surface area contributed by atoms with E-state index in [1.807, 2.05) is 0 Å². The van der Waals surface area contributed by atoms with Crippen molar-refractivity contribution >= 4 is 18.3 Å². The van der Waals surface area contributed by atoms with Gasteiger partial charge in [0.15, 0.2) is 0 Å². The van der Waals surface area contributed by atoms with Crippen molar-refractivity contribution in [2.24, 2.45) is 0 Å². The van der Waals surface area contributed by atoms with Crippen LogP contribution in [0.3, 0.4) is 0 Å². The van der Waals surface area contributed by atoms with E-state index < -0.39 is 18.3 Å². The van der Waals surface area contributed by atoms with Crippen molar-refractivity contribution in [3.63, 3.8) is 0 Å². The van der Waals surface area contributed by atoms with Gasteiger partial charge in [0, 0.05) is 0 Å². The number of hydrogen-bond acceptors (Lipinski definition) is 4. The standard InChI is InChI=1S/C4H12N.H2O6S2/c1-5(2,3)4;1-7(2,3)8(4,5)6/h1-4H3;(H,1,2,3)(H,4,5,6)/q+1;. The highest BCUT2D eigenvalue weighted by atomic mass is 33.2. The molecule has 0 rings (SSSR count). The van der Waals surface area contributed by atoms with Crippen LogP contribution < -0.4 is 0 Å². The van der Waals surface area contributed by atoms with Crippen molar-refractivity contribution < 1.29 is 30.4 Å². The minimum absolute atomic E-state index is 1.00. The van der Waals surface area contributed by atoms with Crippen LogP contribution in [0.5, 0.6) is 0 Å². The zero-order valence-electron chi connectivity index (χ0n) is 7.79. The van der Waals surface area contributed by atoms with Gasteiger partial charge in [-0.1, -0.05) is 0 Å². The maximum atomic E-state index is 9.37. The highest BCUT2D eigenvalue weighted by molar-refractivity contribution is 8.62. The van der Waals surface area contributed by atoms with Gasteiger partial charge in [-0.15, -0.1) is 0 Å². The lowest BCUT2D eigenvalue weighted by Crippen LogP contribution is -2.27. The maximum Gasteiger partial charge on any atom is 0.397 e. The van der Waals surface area contributed by atoms with Crippen molar-refractivity contribution in [3.05, 3.63) is 0 Å². The second kappa shape index (κ2) is 4.33. The van der Waals surface area contributed by atoms with E-state index in [1.165, 1.54) is 0 Å². The van der Waals surface area contributed by atoms with Gasteiger partial charge in [0.25, 0.3) is 0 Å². The number of quaternary nitrogens is 1. The molecule has 0 aliphatic rings. The average molecular weight is 236 g/mol. The SMILES string of the molecule is C[N+](C)(C)C.O=S(=O)(O)S(=O)(=O)O. The van der Waals surface area contributed by atoms with Gasteiger partial charge in [0.2, 0.25) is 0 Å². The molecule has 13 heavy (non-hydrogen) atoms. The van der Waals surface area contributed by atoms with Gasteiger partial charge in [0.05, 0.1) is 28.2 Å². The fraction of sp³-hybridized carbons (Fsp3) is 1.00. The molecule has 0 aliphatic heterocycles. The molecule has 0 aromatic carbocycles. The summed E-state index contributed by atoms with van der Waals surface area (Å²) in [5, 5.41) is 0. The Morgan fingerprint density at radius 1 is 0.769 bits per heavy atom. The third-order valence-electron chi connectivity index (χ3n) is 0.266. The predicted octanol–water partition coefficient (Wildman–Crippen LogP) is -1.00. The first-order valence-corrected chi connectivity index (χ1v) is 6.38. The topological polar surface area (TPSA) is 109 Å². The summed E-state index contributed by atoms with van der Waals surface area (Å²) in [6.45, 7) is 0. The van der Waals surface area contributed by atoms with Crippen molar-refractivity contribution in [2.75, 3.05) is 28.2 Å². The molecule has 0 atom stereocenters. The third kappa shape index (κ3) is 14.6. The molecular weight excluding hydrogens is 222 g/mol. The van der Waals surface area contributed by atoms with Gasteiger partial charge >= 0.3 is 18.3 Å². The first-order valence-electron chi connectivity index (χ1n) is 2.99. The Morgan fingerprint density at radius 3 is 0.846 bits per heavy atom. The molecule has 7 nitrogen and oxygen atoms in total. The minimum atomic E-state index is -5.31. The molecule has 0 radical (unpaired) electrons. The van der Waals surface area contributed by atoms with E-state index in [2.05, 4.69) is 28.2 Å². The lowest BCUT2D eigenvalue weighted by atomic mass is 10.8. The largest absolute Gasteiger partial charge is 0.397 e. The summed E-state index contributed by atoms with van der Waals surface area (Å²) in [5.74, 6) is 0. The van der Waals surface area contributed by atoms with Gasteiger partial charge in [-0.25, -0.2) is 0 Å². The lowest BCUT2D eigenvalue weighted by molar-refractivity contribution is -0.849. The Morgan fingerprint density at radius 2 is 0.846 bits per heavy atom. The van der Waals surface area contributed by atoms with Crippen LogP contribution >= 0.6 is 0 Å². The van der Waals surface area contributed by atoms with E-state index in [9.17, 15) is 16.8 Å². The predicted molar refractivity (Wildman–Crippen MR) is 47.1 cm³/mol. The Labute approximate surface area is 77.5 Å². The van der Waals surface area contributed by atoms with Crippen LogP contribution in [0.15, 0.2) is 0 Å². The van der Waals surface area contributed by atoms with Gasteiger partial charge in [0.1, 0.15) is 0 Å². The molecular formula is C4H14NO6S2+. The van der Waals surface area contributed by atoms with Gasteiger partial charge in [-0.2, -0.15) is 16.8 Å². The van der Waals surface area contributed by atoms with Crippen LogP contribution in [-0.4, -0.2) is 58.6 Å². The molecule has 0 saturated heterocycles. The molecule has 0 fully saturated rings. The fourth-order valence-electron chi connectivity index (χ4n) is 0. The fourth-order valence-corrected chi connectivity index (χ4v) is 0. The first kappa shape index (κ1) is 15.3. The van der Waals surface area contributed by atoms with E-state index in [0.717, 1.165) is 4.48 Å². The lowest BCUT2D eigenvalue weighted by Gasteiger charge is -2.14. The van der Waals surface area contributed by atoms with Crippen LogP contribution in [0.25, 0.3) is 0 Å². The molecule has 0 bridgehead atoms. The molecule has 0 amide bonds. The van der Waals surface area contributed by atoms with Crippen LogP contribution in [0.4, 0.5) is 0 Å². The van der Waals surface area contributed by atoms with Crippen molar-refractivity contribution in [1.29, 1.82) is 0 Å². The molecule has 9 heteroatoms. The van der Waals surface area contributed by atoms with Crippen molar-refractivity contribution in [3.8, 4) is 0 Å². The summed E-state index contributed by atoms with van der Waals surface area (Å²) in [5.41, 5.74) is 0. The first-order chi connectivity index (χ1) is 5.25. The normalized spacial score (nSPS) is 13.1. The van der Waals surface area contributed by atoms with Crippen molar-refractivity contribution in [2.45, 2.75) is 0 Å². The van der Waals surface area contributed by atoms with Crippen LogP contribution in [0.1, 0.15) is 0 Å². The van der Waals surface area contributed by atoms with Crippen LogP contribution in [0.2, 0.25) is 0 Å². The molecule has 0 saturated carbocycles. The molecule has 0 aromatic rings. The Balaban J connectivity index is 0. The summed E-state index contributed by atoms with van der Waals surface area (Å²) in [6, 6.07) is 0. The highest BCUT2D eigenvalue weighted by Crippen LogP contribution is 1.90. The van der Waals surface area contributed by atoms with Crippen LogP contribution in [-0.2, 0) is 18.3 Å². The molecule has 0 unspecified atom stereocenters. The average Bonchev–Trinajstić information content (AvgIpc) is 1.50. The number of hydrogen-bond donors (Lipinski definition) is 2. The zero-order valence-corrected chi connectivity index (χ0v) is 9.42. The van der Waals surface area contributed by atoms with E-state index >= 15 is 0 Å². The minimum Gasteiger partial charge on any atom is -0.333 e. The summed E-state index contributed by atoms with van der Waals surface area (Å²) in [7, 11) is -2.12. The smallest absolute Gasteiger partial charge is 0.333 e. The molecule has 82 valence electrons. The molecule has 0 spiro atoms. The van der Waals surface area contributed by atoms with E-state index in [0.29, 0.717) is 0 Å². The Kier molecular flexibility index (Phi) is 5.08. The summed E-state index contributed by atoms with van der Waals surface area (Å²) >= 11 is 0. The molecule has 0 heterocycles. The Hall–Kier alpha value is -0.220. The van der Waals surface area contributed by atoms with E-state index in [-0.39, 0.29) is 0 Å². The second-order valence-electron chi connectivity index (χ2n) is 3.54. The van der Waals surface area contributed by atoms with Crippen molar-refractivity contribution in [1.82, 2.24) is 0 Å². The maximum absolute atomic E-state index is 9.37. The second-order valence-corrected chi connectivity index (χ2v) is 7.78. The van der Waals surface area contributed by atoms with E-state index in [1.54, 1.807) is 0 Å². The van der Waals surface area contributed by atoms with Gasteiger partial charge < -0.3 is 4.48 Å². The number of rotatable bonds is 1. The number of nitrogens with zero attached hydrogens (tertiary/aromatic N) is 1. The summed E-state index contributed by atoms with van der Waals surface area (Å²) < 4.78 is 53.5. The van der Waals surface area contributed by atoms with Gasteiger partial charge in [-0.05, 0) is 0 Å². The zero-order chi connectivity index (χ0) is 11.5. The highest BCUT2D eigenvalue weighted by Gasteiger charge is 2.22. The van der Waals surface area contributed by atoms with E-state index in [4.69, 9.17) is 9.11 Å². The monoisotopic (exact) mass is 236 g/mol. The quantitative estimate of drug-likeness (QED) is 0.343. The molecule has 0 aliphatic carbocycles. The third-order valence-corrected chi connectivity index (χ3v) is 2.40. The Bertz CT molecular complexity index is 297. The summed E-state index contributed by atoms with van der Waals surface area (Å²) in [6.07, 6.45) is 0. The summed E-state index contributed by atoms with van der Waals surface area (Å²) in [4.78, 5) is 0. The molecule has 0 aromatic heterocycles.